The van der Waals surface area contributed by atoms with E-state index in [2.05, 4.69) is 25.6 Å². The predicted molar refractivity (Wildman–Crippen MR) is 137 cm³/mol. The third-order valence-electron chi connectivity index (χ3n) is 5.50. The largest absolute Gasteiger partial charge is 0.478 e. The van der Waals surface area contributed by atoms with Crippen LogP contribution in [0.15, 0.2) is 42.7 Å². The van der Waals surface area contributed by atoms with Gasteiger partial charge in [-0.15, -0.1) is 0 Å². The summed E-state index contributed by atoms with van der Waals surface area (Å²) in [5.74, 6) is -1.86. The second-order valence-corrected chi connectivity index (χ2v) is 11.4. The molecule has 0 saturated heterocycles. The van der Waals surface area contributed by atoms with Gasteiger partial charge in [0.15, 0.2) is 0 Å². The number of carbonyl (C=O) groups is 1. The Balaban J connectivity index is 2.02. The minimum Gasteiger partial charge on any atom is -0.478 e. The number of carboxylic acid groups (broad SMARTS) is 1. The monoisotopic (exact) mass is 552 g/mol. The van der Waals surface area contributed by atoms with Crippen LogP contribution in [0.5, 0.6) is 0 Å². The van der Waals surface area contributed by atoms with Gasteiger partial charge in [0.2, 0.25) is 16.0 Å². The Morgan fingerprint density at radius 2 is 1.79 bits per heavy atom. The molecule has 3 rings (SSSR count). The van der Waals surface area contributed by atoms with Crippen LogP contribution < -0.4 is 14.9 Å². The zero-order valence-corrected chi connectivity index (χ0v) is 22.1. The van der Waals surface area contributed by atoms with E-state index in [0.717, 1.165) is 10.6 Å². The maximum absolute atomic E-state index is 13.8. The Hall–Kier alpha value is -3.94. The van der Waals surface area contributed by atoms with Gasteiger partial charge in [-0.2, -0.15) is 18.2 Å². The molecule has 0 spiro atoms. The highest BCUT2D eigenvalue weighted by Crippen LogP contribution is 2.37. The highest BCUT2D eigenvalue weighted by molar-refractivity contribution is 7.92. The van der Waals surface area contributed by atoms with Gasteiger partial charge in [0.1, 0.15) is 17.2 Å². The number of benzene rings is 1. The summed E-state index contributed by atoms with van der Waals surface area (Å²) in [6, 6.07) is 7.58. The maximum atomic E-state index is 13.8. The van der Waals surface area contributed by atoms with Gasteiger partial charge in [-0.25, -0.2) is 23.2 Å². The van der Waals surface area contributed by atoms with Crippen molar-refractivity contribution in [2.45, 2.75) is 38.9 Å². The van der Waals surface area contributed by atoms with E-state index in [-0.39, 0.29) is 23.9 Å². The summed E-state index contributed by atoms with van der Waals surface area (Å²) in [5, 5.41) is 15.1. The Kier molecular flexibility index (Phi) is 7.86. The second-order valence-electron chi connectivity index (χ2n) is 9.43. The molecular weight excluding hydrogens is 525 g/mol. The van der Waals surface area contributed by atoms with Crippen LogP contribution in [-0.2, 0) is 28.2 Å². The zero-order chi connectivity index (χ0) is 28.5. The number of carboxylic acids is 1. The van der Waals surface area contributed by atoms with E-state index in [1.807, 2.05) is 0 Å². The number of aromatic nitrogens is 3. The van der Waals surface area contributed by atoms with E-state index in [1.54, 1.807) is 26.8 Å². The summed E-state index contributed by atoms with van der Waals surface area (Å²) in [5.41, 5.74) is -0.674. The zero-order valence-electron chi connectivity index (χ0n) is 21.3. The van der Waals surface area contributed by atoms with Crippen molar-refractivity contribution in [1.82, 2.24) is 15.0 Å². The number of rotatable bonds is 8. The molecule has 2 aromatic heterocycles. The fourth-order valence-electron chi connectivity index (χ4n) is 3.74. The highest BCUT2D eigenvalue weighted by atomic mass is 32.2. The Labute approximate surface area is 218 Å². The van der Waals surface area contributed by atoms with Crippen molar-refractivity contribution in [3.63, 3.8) is 0 Å². The average Bonchev–Trinajstić information content (AvgIpc) is 2.80. The molecule has 1 aromatic carbocycles. The first-order chi connectivity index (χ1) is 17.5. The summed E-state index contributed by atoms with van der Waals surface area (Å²) in [6.45, 7) is 5.18. The quantitative estimate of drug-likeness (QED) is 0.365. The van der Waals surface area contributed by atoms with Crippen LogP contribution in [-0.4, -0.2) is 47.7 Å². The van der Waals surface area contributed by atoms with Crippen LogP contribution in [0.1, 0.15) is 47.8 Å². The summed E-state index contributed by atoms with van der Waals surface area (Å²) < 4.78 is 66.1. The number of aromatic carboxylic acids is 1. The summed E-state index contributed by atoms with van der Waals surface area (Å²) in [4.78, 5) is 23.7. The molecule has 38 heavy (non-hydrogen) atoms. The third-order valence-corrected chi connectivity index (χ3v) is 6.66. The lowest BCUT2D eigenvalue weighted by molar-refractivity contribution is -0.137. The molecule has 0 radical (unpaired) electrons. The first kappa shape index (κ1) is 28.6. The number of alkyl halides is 3. The van der Waals surface area contributed by atoms with Crippen LogP contribution in [0.2, 0.25) is 0 Å². The SMILES string of the molecule is CN(c1ncccc1CNc1nc(Nc2cccc(C(=O)O)c2C(C)(C)C)ncc1C(F)(F)F)S(C)(=O)=O. The molecule has 0 bridgehead atoms. The fraction of sp³-hybridized carbons (Fsp3) is 0.333. The molecule has 0 fully saturated rings. The normalized spacial score (nSPS) is 12.2. The Morgan fingerprint density at radius 1 is 1.11 bits per heavy atom. The topological polar surface area (TPSA) is 137 Å². The molecule has 0 aliphatic rings. The van der Waals surface area contributed by atoms with Gasteiger partial charge in [-0.05, 0) is 29.2 Å². The lowest BCUT2D eigenvalue weighted by Gasteiger charge is -2.25. The molecule has 3 N–H and O–H groups in total. The summed E-state index contributed by atoms with van der Waals surface area (Å²) in [6.07, 6.45) is -1.83. The number of hydrogen-bond acceptors (Lipinski definition) is 8. The van der Waals surface area contributed by atoms with Crippen LogP contribution in [0.25, 0.3) is 0 Å². The highest BCUT2D eigenvalue weighted by Gasteiger charge is 2.35. The van der Waals surface area contributed by atoms with Crippen molar-refractivity contribution in [2.75, 3.05) is 28.2 Å². The number of nitrogens with zero attached hydrogens (tertiary/aromatic N) is 4. The van der Waals surface area contributed by atoms with Crippen LogP contribution in [0.4, 0.5) is 36.4 Å². The van der Waals surface area contributed by atoms with E-state index in [9.17, 15) is 31.5 Å². The minimum atomic E-state index is -4.79. The van der Waals surface area contributed by atoms with E-state index >= 15 is 0 Å². The molecule has 0 unspecified atom stereocenters. The van der Waals surface area contributed by atoms with E-state index in [1.165, 1.54) is 37.5 Å². The number of sulfonamides is 1. The first-order valence-corrected chi connectivity index (χ1v) is 13.0. The molecule has 0 atom stereocenters. The lowest BCUT2D eigenvalue weighted by Crippen LogP contribution is -2.27. The number of nitrogens with one attached hydrogen (secondary N) is 2. The lowest BCUT2D eigenvalue weighted by atomic mass is 9.82. The Bertz CT molecular complexity index is 1460. The number of pyridine rings is 1. The fourth-order valence-corrected chi connectivity index (χ4v) is 4.21. The molecule has 204 valence electrons. The third kappa shape index (κ3) is 6.49. The van der Waals surface area contributed by atoms with Gasteiger partial charge in [-0.1, -0.05) is 32.9 Å². The van der Waals surface area contributed by atoms with Crippen molar-refractivity contribution in [3.8, 4) is 0 Å². The van der Waals surface area contributed by atoms with Crippen LogP contribution in [0.3, 0.4) is 0 Å². The van der Waals surface area contributed by atoms with Crippen LogP contribution in [0, 0.1) is 0 Å². The summed E-state index contributed by atoms with van der Waals surface area (Å²) in [7, 11) is -2.39. The Morgan fingerprint density at radius 3 is 2.37 bits per heavy atom. The van der Waals surface area contributed by atoms with E-state index < -0.39 is 39.0 Å². The minimum absolute atomic E-state index is 0.0341. The molecule has 0 amide bonds. The second kappa shape index (κ2) is 10.4. The van der Waals surface area contributed by atoms with Gasteiger partial charge >= 0.3 is 12.1 Å². The van der Waals surface area contributed by atoms with Crippen molar-refractivity contribution in [2.24, 2.45) is 0 Å². The molecule has 3 aromatic rings. The van der Waals surface area contributed by atoms with Crippen molar-refractivity contribution < 1.29 is 31.5 Å². The molecule has 10 nitrogen and oxygen atoms in total. The van der Waals surface area contributed by atoms with Gasteiger partial charge in [0, 0.05) is 37.2 Å². The molecule has 0 aliphatic heterocycles. The van der Waals surface area contributed by atoms with Crippen molar-refractivity contribution in [1.29, 1.82) is 0 Å². The van der Waals surface area contributed by atoms with Gasteiger partial charge < -0.3 is 15.7 Å². The molecule has 2 heterocycles. The van der Waals surface area contributed by atoms with E-state index in [4.69, 9.17) is 0 Å². The number of halogens is 3. The summed E-state index contributed by atoms with van der Waals surface area (Å²) >= 11 is 0. The molecular formula is C24H27F3N6O4S. The standard InChI is InChI=1S/C24H27F3N6O4S/c1-23(2,3)18-15(21(34)35)9-6-10-17(18)31-22-30-13-16(24(25,26)27)19(32-22)29-12-14-8-7-11-28-20(14)33(4)38(5,36)37/h6-11,13H,12H2,1-5H3,(H,34,35)(H2,29,30,31,32). The molecule has 0 saturated carbocycles. The van der Waals surface area contributed by atoms with Crippen LogP contribution >= 0.6 is 0 Å². The maximum Gasteiger partial charge on any atom is 0.421 e. The number of hydrogen-bond donors (Lipinski definition) is 3. The van der Waals surface area contributed by atoms with Crippen molar-refractivity contribution >= 4 is 39.3 Å². The van der Waals surface area contributed by atoms with Gasteiger partial charge in [-0.3, -0.25) is 4.31 Å². The van der Waals surface area contributed by atoms with Gasteiger partial charge in [0.25, 0.3) is 0 Å². The van der Waals surface area contributed by atoms with Crippen molar-refractivity contribution in [3.05, 3.63) is 65.0 Å². The predicted octanol–water partition coefficient (Wildman–Crippen LogP) is 4.64. The van der Waals surface area contributed by atoms with E-state index in [0.29, 0.717) is 23.0 Å². The molecule has 0 aliphatic carbocycles. The first-order valence-electron chi connectivity index (χ1n) is 11.2. The average molecular weight is 553 g/mol. The smallest absolute Gasteiger partial charge is 0.421 e. The molecule has 14 heteroatoms. The number of anilines is 4. The van der Waals surface area contributed by atoms with Gasteiger partial charge in [0.05, 0.1) is 11.8 Å².